The van der Waals surface area contributed by atoms with Gasteiger partial charge < -0.3 is 19.3 Å². The highest BCUT2D eigenvalue weighted by Gasteiger charge is 2.22. The SMILES string of the molecule is CCCOc1ccc(C(=O)CCC(=O)N2CCN(c3ccc(OC)cc3)CC2)cc1. The van der Waals surface area contributed by atoms with Gasteiger partial charge in [0, 0.05) is 50.3 Å². The quantitative estimate of drug-likeness (QED) is 0.589. The van der Waals surface area contributed by atoms with E-state index in [9.17, 15) is 9.59 Å². The van der Waals surface area contributed by atoms with E-state index in [1.807, 2.05) is 48.2 Å². The van der Waals surface area contributed by atoms with Crippen LogP contribution in [0.2, 0.25) is 0 Å². The van der Waals surface area contributed by atoms with Crippen LogP contribution in [0.25, 0.3) is 0 Å². The largest absolute Gasteiger partial charge is 0.497 e. The summed E-state index contributed by atoms with van der Waals surface area (Å²) in [5, 5.41) is 0. The summed E-state index contributed by atoms with van der Waals surface area (Å²) >= 11 is 0. The smallest absolute Gasteiger partial charge is 0.223 e. The number of methoxy groups -OCH3 is 1. The van der Waals surface area contributed by atoms with E-state index in [4.69, 9.17) is 9.47 Å². The Labute approximate surface area is 178 Å². The van der Waals surface area contributed by atoms with Crippen LogP contribution in [0.1, 0.15) is 36.5 Å². The lowest BCUT2D eigenvalue weighted by Crippen LogP contribution is -2.48. The van der Waals surface area contributed by atoms with Crippen molar-refractivity contribution < 1.29 is 19.1 Å². The third kappa shape index (κ3) is 5.75. The van der Waals surface area contributed by atoms with E-state index < -0.39 is 0 Å². The van der Waals surface area contributed by atoms with Crippen molar-refractivity contribution in [3.8, 4) is 11.5 Å². The van der Waals surface area contributed by atoms with Crippen molar-refractivity contribution in [3.05, 3.63) is 54.1 Å². The molecule has 1 saturated heterocycles. The van der Waals surface area contributed by atoms with Crippen molar-refractivity contribution in [3.63, 3.8) is 0 Å². The maximum absolute atomic E-state index is 12.6. The molecule has 0 N–H and O–H groups in total. The number of Topliss-reactive ketones (excluding diaryl/α,β-unsaturated/α-hetero) is 1. The number of piperazine rings is 1. The molecule has 1 amide bonds. The van der Waals surface area contributed by atoms with Crippen molar-refractivity contribution in [1.29, 1.82) is 0 Å². The van der Waals surface area contributed by atoms with E-state index >= 15 is 0 Å². The Kier molecular flexibility index (Phi) is 7.71. The minimum absolute atomic E-state index is 0.0118. The highest BCUT2D eigenvalue weighted by molar-refractivity contribution is 5.98. The van der Waals surface area contributed by atoms with Crippen molar-refractivity contribution >= 4 is 17.4 Å². The summed E-state index contributed by atoms with van der Waals surface area (Å²) in [6, 6.07) is 15.1. The number of amides is 1. The standard InChI is InChI=1S/C24H30N2O4/c1-3-18-30-22-8-4-19(5-9-22)23(27)12-13-24(28)26-16-14-25(15-17-26)20-6-10-21(29-2)11-7-20/h4-11H,3,12-18H2,1-2H3. The summed E-state index contributed by atoms with van der Waals surface area (Å²) in [5.74, 6) is 1.63. The fraction of sp³-hybridized carbons (Fsp3) is 0.417. The van der Waals surface area contributed by atoms with Gasteiger partial charge >= 0.3 is 0 Å². The molecule has 3 rings (SSSR count). The highest BCUT2D eigenvalue weighted by Crippen LogP contribution is 2.21. The van der Waals surface area contributed by atoms with Gasteiger partial charge in [-0.25, -0.2) is 0 Å². The lowest BCUT2D eigenvalue weighted by molar-refractivity contribution is -0.131. The molecule has 0 aliphatic carbocycles. The number of rotatable bonds is 9. The Morgan fingerprint density at radius 3 is 2.10 bits per heavy atom. The summed E-state index contributed by atoms with van der Waals surface area (Å²) in [6.45, 7) is 5.61. The monoisotopic (exact) mass is 410 g/mol. The second-order valence-corrected chi connectivity index (χ2v) is 7.36. The molecule has 0 spiro atoms. The number of hydrogen-bond donors (Lipinski definition) is 0. The van der Waals surface area contributed by atoms with E-state index in [2.05, 4.69) is 4.90 Å². The number of carbonyl (C=O) groups excluding carboxylic acids is 2. The molecule has 1 aliphatic heterocycles. The number of hydrogen-bond acceptors (Lipinski definition) is 5. The van der Waals surface area contributed by atoms with Crippen LogP contribution in [0, 0.1) is 0 Å². The van der Waals surface area contributed by atoms with Crippen LogP contribution in [0.3, 0.4) is 0 Å². The van der Waals surface area contributed by atoms with Crippen molar-refractivity contribution in [1.82, 2.24) is 4.90 Å². The molecule has 2 aromatic carbocycles. The first-order chi connectivity index (χ1) is 14.6. The van der Waals surface area contributed by atoms with Gasteiger partial charge in [-0.2, -0.15) is 0 Å². The van der Waals surface area contributed by atoms with Gasteiger partial charge in [0.1, 0.15) is 11.5 Å². The molecule has 0 unspecified atom stereocenters. The summed E-state index contributed by atoms with van der Waals surface area (Å²) in [6.07, 6.45) is 1.42. The zero-order chi connectivity index (χ0) is 21.3. The van der Waals surface area contributed by atoms with Crippen LogP contribution in [0.4, 0.5) is 5.69 Å². The lowest BCUT2D eigenvalue weighted by Gasteiger charge is -2.36. The molecule has 1 aliphatic rings. The molecule has 0 atom stereocenters. The molecule has 0 radical (unpaired) electrons. The molecule has 30 heavy (non-hydrogen) atoms. The molecule has 0 saturated carbocycles. The average molecular weight is 411 g/mol. The number of benzene rings is 2. The average Bonchev–Trinajstić information content (AvgIpc) is 2.81. The highest BCUT2D eigenvalue weighted by atomic mass is 16.5. The molecule has 0 aromatic heterocycles. The zero-order valence-corrected chi connectivity index (χ0v) is 17.8. The Hall–Kier alpha value is -3.02. The van der Waals surface area contributed by atoms with Crippen molar-refractivity contribution in [2.75, 3.05) is 44.8 Å². The number of ketones is 1. The van der Waals surface area contributed by atoms with Crippen LogP contribution >= 0.6 is 0 Å². The number of nitrogens with zero attached hydrogens (tertiary/aromatic N) is 2. The topological polar surface area (TPSA) is 59.1 Å². The van der Waals surface area contributed by atoms with Crippen LogP contribution in [-0.4, -0.2) is 56.5 Å². The fourth-order valence-corrected chi connectivity index (χ4v) is 3.49. The second kappa shape index (κ2) is 10.7. The van der Waals surface area contributed by atoms with Gasteiger partial charge in [0.2, 0.25) is 5.91 Å². The molecule has 160 valence electrons. The summed E-state index contributed by atoms with van der Waals surface area (Å²) in [5.41, 5.74) is 1.75. The van der Waals surface area contributed by atoms with E-state index in [0.29, 0.717) is 25.3 Å². The summed E-state index contributed by atoms with van der Waals surface area (Å²) in [7, 11) is 1.65. The van der Waals surface area contributed by atoms with Gasteiger partial charge in [0.05, 0.1) is 13.7 Å². The van der Waals surface area contributed by atoms with Gasteiger partial charge in [-0.1, -0.05) is 6.92 Å². The molecular weight excluding hydrogens is 380 g/mol. The molecule has 1 fully saturated rings. The molecule has 6 nitrogen and oxygen atoms in total. The Morgan fingerprint density at radius 2 is 1.50 bits per heavy atom. The third-order valence-electron chi connectivity index (χ3n) is 5.29. The van der Waals surface area contributed by atoms with Gasteiger partial charge in [-0.15, -0.1) is 0 Å². The van der Waals surface area contributed by atoms with Crippen LogP contribution in [0.5, 0.6) is 11.5 Å². The minimum Gasteiger partial charge on any atom is -0.497 e. The first-order valence-electron chi connectivity index (χ1n) is 10.5. The van der Waals surface area contributed by atoms with E-state index in [1.54, 1.807) is 19.2 Å². The first kappa shape index (κ1) is 21.7. The van der Waals surface area contributed by atoms with Crippen LogP contribution in [0.15, 0.2) is 48.5 Å². The molecule has 0 bridgehead atoms. The van der Waals surface area contributed by atoms with Gasteiger partial charge in [-0.05, 0) is 55.0 Å². The van der Waals surface area contributed by atoms with Crippen molar-refractivity contribution in [2.24, 2.45) is 0 Å². The number of ether oxygens (including phenoxy) is 2. The third-order valence-corrected chi connectivity index (χ3v) is 5.29. The maximum Gasteiger partial charge on any atom is 0.223 e. The lowest BCUT2D eigenvalue weighted by atomic mass is 10.1. The van der Waals surface area contributed by atoms with Crippen molar-refractivity contribution in [2.45, 2.75) is 26.2 Å². The van der Waals surface area contributed by atoms with Crippen LogP contribution < -0.4 is 14.4 Å². The predicted molar refractivity (Wildman–Crippen MR) is 118 cm³/mol. The molecular formula is C24H30N2O4. The van der Waals surface area contributed by atoms with Crippen LogP contribution in [-0.2, 0) is 4.79 Å². The normalized spacial score (nSPS) is 13.8. The first-order valence-corrected chi connectivity index (χ1v) is 10.5. The Morgan fingerprint density at radius 1 is 0.867 bits per heavy atom. The Bertz CT molecular complexity index is 825. The summed E-state index contributed by atoms with van der Waals surface area (Å²) < 4.78 is 10.7. The molecule has 6 heteroatoms. The predicted octanol–water partition coefficient (Wildman–Crippen LogP) is 3.80. The summed E-state index contributed by atoms with van der Waals surface area (Å²) in [4.78, 5) is 29.1. The van der Waals surface area contributed by atoms with Gasteiger partial charge in [0.15, 0.2) is 5.78 Å². The maximum atomic E-state index is 12.6. The number of carbonyl (C=O) groups is 2. The zero-order valence-electron chi connectivity index (χ0n) is 17.8. The fourth-order valence-electron chi connectivity index (χ4n) is 3.49. The van der Waals surface area contributed by atoms with E-state index in [0.717, 1.165) is 36.7 Å². The van der Waals surface area contributed by atoms with E-state index in [-0.39, 0.29) is 24.5 Å². The van der Waals surface area contributed by atoms with Gasteiger partial charge in [-0.3, -0.25) is 9.59 Å². The number of anilines is 1. The molecule has 1 heterocycles. The Balaban J connectivity index is 1.43. The molecule has 2 aromatic rings. The van der Waals surface area contributed by atoms with Gasteiger partial charge in [0.25, 0.3) is 0 Å². The minimum atomic E-state index is -0.0118. The van der Waals surface area contributed by atoms with E-state index in [1.165, 1.54) is 0 Å². The second-order valence-electron chi connectivity index (χ2n) is 7.36.